The molecule has 0 bridgehead atoms. The van der Waals surface area contributed by atoms with E-state index < -0.39 is 15.8 Å². The van der Waals surface area contributed by atoms with Crippen LogP contribution in [0.25, 0.3) is 0 Å². The lowest BCUT2D eigenvalue weighted by Crippen LogP contribution is -2.40. The van der Waals surface area contributed by atoms with E-state index in [9.17, 15) is 12.8 Å². The monoisotopic (exact) mass is 344 g/mol. The molecule has 1 N–H and O–H groups in total. The molecule has 0 atom stereocenters. The summed E-state index contributed by atoms with van der Waals surface area (Å²) in [5.74, 6) is -0.241. The number of methoxy groups -OCH3 is 1. The number of hydrogen-bond donors (Lipinski definition) is 1. The Morgan fingerprint density at radius 1 is 1.35 bits per heavy atom. The highest BCUT2D eigenvalue weighted by Gasteiger charge is 2.21. The fourth-order valence-corrected chi connectivity index (χ4v) is 3.99. The molecule has 0 aliphatic carbocycles. The van der Waals surface area contributed by atoms with Gasteiger partial charge in [0.05, 0.1) is 12.4 Å². The molecule has 0 unspecified atom stereocenters. The first-order chi connectivity index (χ1) is 11.0. The summed E-state index contributed by atoms with van der Waals surface area (Å²) in [6, 6.07) is 5.71. The maximum absolute atomic E-state index is 13.1. The molecule has 1 aromatic rings. The quantitative estimate of drug-likeness (QED) is 0.778. The Kier molecular flexibility index (Phi) is 6.95. The number of nitrogens with zero attached hydrogens (tertiary/aromatic N) is 1. The van der Waals surface area contributed by atoms with Gasteiger partial charge in [-0.15, -0.1) is 0 Å². The zero-order valence-electron chi connectivity index (χ0n) is 13.5. The number of likely N-dealkylation sites (tertiary alicyclic amines) is 1. The van der Waals surface area contributed by atoms with Crippen LogP contribution in [-0.4, -0.2) is 53.2 Å². The van der Waals surface area contributed by atoms with Crippen molar-refractivity contribution in [1.29, 1.82) is 0 Å². The number of ether oxygens (including phenoxy) is 1. The van der Waals surface area contributed by atoms with Crippen molar-refractivity contribution in [2.45, 2.75) is 18.6 Å². The third-order valence-electron chi connectivity index (χ3n) is 4.16. The molecular weight excluding hydrogens is 319 g/mol. The number of hydrogen-bond acceptors (Lipinski definition) is 4. The van der Waals surface area contributed by atoms with Gasteiger partial charge in [-0.2, -0.15) is 0 Å². The summed E-state index contributed by atoms with van der Waals surface area (Å²) in [6.45, 7) is 4.05. The first-order valence-corrected chi connectivity index (χ1v) is 9.57. The molecule has 2 rings (SSSR count). The predicted octanol–water partition coefficient (Wildman–Crippen LogP) is 1.60. The summed E-state index contributed by atoms with van der Waals surface area (Å²) in [4.78, 5) is 2.33. The third-order valence-corrected chi connectivity index (χ3v) is 5.48. The second kappa shape index (κ2) is 8.73. The summed E-state index contributed by atoms with van der Waals surface area (Å²) in [5, 5.41) is 0. The van der Waals surface area contributed by atoms with E-state index in [1.165, 1.54) is 18.2 Å². The minimum absolute atomic E-state index is 0.183. The lowest BCUT2D eigenvalue weighted by molar-refractivity contribution is 0.121. The van der Waals surface area contributed by atoms with Gasteiger partial charge in [0.2, 0.25) is 10.0 Å². The van der Waals surface area contributed by atoms with Gasteiger partial charge in [-0.25, -0.2) is 17.5 Å². The van der Waals surface area contributed by atoms with Crippen LogP contribution in [-0.2, 0) is 20.5 Å². The molecule has 5 nitrogen and oxygen atoms in total. The number of rotatable bonds is 8. The van der Waals surface area contributed by atoms with Crippen molar-refractivity contribution < 1.29 is 17.5 Å². The Labute approximate surface area is 137 Å². The van der Waals surface area contributed by atoms with Gasteiger partial charge in [0, 0.05) is 20.2 Å². The fraction of sp³-hybridized carbons (Fsp3) is 0.625. The maximum Gasteiger partial charge on any atom is 0.215 e. The highest BCUT2D eigenvalue weighted by atomic mass is 32.2. The van der Waals surface area contributed by atoms with Gasteiger partial charge >= 0.3 is 0 Å². The average Bonchev–Trinajstić information content (AvgIpc) is 2.51. The van der Waals surface area contributed by atoms with Crippen LogP contribution in [0.4, 0.5) is 4.39 Å². The molecular formula is C16H25FN2O3S. The summed E-state index contributed by atoms with van der Waals surface area (Å²) < 4.78 is 45.0. The van der Waals surface area contributed by atoms with Gasteiger partial charge in [-0.1, -0.05) is 12.1 Å². The van der Waals surface area contributed by atoms with E-state index in [4.69, 9.17) is 4.74 Å². The van der Waals surface area contributed by atoms with Crippen LogP contribution in [0, 0.1) is 11.7 Å². The lowest BCUT2D eigenvalue weighted by atomic mass is 9.97. The molecule has 1 saturated heterocycles. The van der Waals surface area contributed by atoms with E-state index >= 15 is 0 Å². The molecule has 0 spiro atoms. The number of benzene rings is 1. The van der Waals surface area contributed by atoms with Crippen molar-refractivity contribution in [2.75, 3.05) is 39.9 Å². The first kappa shape index (κ1) is 18.3. The first-order valence-electron chi connectivity index (χ1n) is 7.91. The van der Waals surface area contributed by atoms with E-state index in [0.717, 1.165) is 39.1 Å². The zero-order valence-corrected chi connectivity index (χ0v) is 14.3. The molecule has 0 radical (unpaired) electrons. The van der Waals surface area contributed by atoms with Gasteiger partial charge in [-0.05, 0) is 49.5 Å². The largest absolute Gasteiger partial charge is 0.383 e. The van der Waals surface area contributed by atoms with Crippen LogP contribution < -0.4 is 4.72 Å². The summed E-state index contributed by atoms with van der Waals surface area (Å²) in [6.07, 6.45) is 1.96. The van der Waals surface area contributed by atoms with Crippen molar-refractivity contribution in [3.05, 3.63) is 35.6 Å². The molecule has 1 fully saturated rings. The van der Waals surface area contributed by atoms with E-state index in [2.05, 4.69) is 9.62 Å². The maximum atomic E-state index is 13.1. The van der Waals surface area contributed by atoms with E-state index in [0.29, 0.717) is 18.0 Å². The van der Waals surface area contributed by atoms with E-state index in [1.807, 2.05) is 0 Å². The summed E-state index contributed by atoms with van der Waals surface area (Å²) in [7, 11) is -1.73. The van der Waals surface area contributed by atoms with Gasteiger partial charge in [0.25, 0.3) is 0 Å². The predicted molar refractivity (Wildman–Crippen MR) is 88.1 cm³/mol. The standard InChI is InChI=1S/C16H25FN2O3S/c1-22-10-9-19-7-5-14(6-8-19)12-18-23(20,21)13-15-3-2-4-16(17)11-15/h2-4,11,14,18H,5-10,12-13H2,1H3. The molecule has 7 heteroatoms. The van der Waals surface area contributed by atoms with E-state index in [1.54, 1.807) is 13.2 Å². The second-order valence-electron chi connectivity index (χ2n) is 6.02. The lowest BCUT2D eigenvalue weighted by Gasteiger charge is -2.31. The molecule has 0 aromatic heterocycles. The van der Waals surface area contributed by atoms with E-state index in [-0.39, 0.29) is 5.75 Å². The smallest absolute Gasteiger partial charge is 0.215 e. The Hall–Kier alpha value is -1.02. The van der Waals surface area contributed by atoms with Gasteiger partial charge in [0.1, 0.15) is 5.82 Å². The van der Waals surface area contributed by atoms with Crippen molar-refractivity contribution in [3.63, 3.8) is 0 Å². The van der Waals surface area contributed by atoms with Gasteiger partial charge in [-0.3, -0.25) is 0 Å². The molecule has 0 amide bonds. The molecule has 23 heavy (non-hydrogen) atoms. The van der Waals surface area contributed by atoms with Crippen molar-refractivity contribution in [3.8, 4) is 0 Å². The third kappa shape index (κ3) is 6.55. The van der Waals surface area contributed by atoms with Crippen LogP contribution in [0.5, 0.6) is 0 Å². The Morgan fingerprint density at radius 2 is 2.09 bits per heavy atom. The number of sulfonamides is 1. The Bertz CT molecular complexity index is 587. The highest BCUT2D eigenvalue weighted by Crippen LogP contribution is 2.16. The summed E-state index contributed by atoms with van der Waals surface area (Å²) in [5.41, 5.74) is 0.465. The fourth-order valence-electron chi connectivity index (χ4n) is 2.78. The van der Waals surface area contributed by atoms with Crippen LogP contribution >= 0.6 is 0 Å². The molecule has 1 aromatic carbocycles. The minimum atomic E-state index is -3.43. The molecule has 1 heterocycles. The van der Waals surface area contributed by atoms with Crippen LogP contribution in [0.1, 0.15) is 18.4 Å². The zero-order chi connectivity index (χ0) is 16.7. The van der Waals surface area contributed by atoms with Crippen molar-refractivity contribution in [1.82, 2.24) is 9.62 Å². The van der Waals surface area contributed by atoms with Gasteiger partial charge in [0.15, 0.2) is 0 Å². The molecule has 1 aliphatic heterocycles. The SMILES string of the molecule is COCCN1CCC(CNS(=O)(=O)Cc2cccc(F)c2)CC1. The number of piperidine rings is 1. The minimum Gasteiger partial charge on any atom is -0.383 e. The van der Waals surface area contributed by atoms with Crippen molar-refractivity contribution in [2.24, 2.45) is 5.92 Å². The van der Waals surface area contributed by atoms with Crippen molar-refractivity contribution >= 4 is 10.0 Å². The summed E-state index contributed by atoms with van der Waals surface area (Å²) >= 11 is 0. The molecule has 1 aliphatic rings. The normalized spacial score (nSPS) is 17.5. The van der Waals surface area contributed by atoms with Crippen LogP contribution in [0.15, 0.2) is 24.3 Å². The number of nitrogens with one attached hydrogen (secondary N) is 1. The Morgan fingerprint density at radius 3 is 2.74 bits per heavy atom. The van der Waals surface area contributed by atoms with Crippen LogP contribution in [0.3, 0.4) is 0 Å². The number of halogens is 1. The second-order valence-corrected chi connectivity index (χ2v) is 7.82. The average molecular weight is 344 g/mol. The molecule has 130 valence electrons. The highest BCUT2D eigenvalue weighted by molar-refractivity contribution is 7.88. The Balaban J connectivity index is 1.75. The van der Waals surface area contributed by atoms with Crippen LogP contribution in [0.2, 0.25) is 0 Å². The topological polar surface area (TPSA) is 58.6 Å². The van der Waals surface area contributed by atoms with Gasteiger partial charge < -0.3 is 9.64 Å². The molecule has 0 saturated carbocycles.